The van der Waals surface area contributed by atoms with Crippen LogP contribution in [-0.4, -0.2) is 35.9 Å². The number of benzene rings is 2. The van der Waals surface area contributed by atoms with Gasteiger partial charge in [0.1, 0.15) is 0 Å². The molecule has 2 aromatic carbocycles. The van der Waals surface area contributed by atoms with E-state index in [0.717, 1.165) is 30.3 Å². The van der Waals surface area contributed by atoms with E-state index in [1.54, 1.807) is 20.4 Å². The molecule has 2 heterocycles. The molecule has 1 N–H and O–H groups in total. The number of hydrogen-bond acceptors (Lipinski definition) is 7. The highest BCUT2D eigenvalue weighted by molar-refractivity contribution is 5.51. The third kappa shape index (κ3) is 4.08. The maximum absolute atomic E-state index is 5.45. The van der Waals surface area contributed by atoms with Crippen LogP contribution in [0.25, 0.3) is 0 Å². The summed E-state index contributed by atoms with van der Waals surface area (Å²) in [5.74, 6) is 2.84. The molecule has 150 valence electrons. The van der Waals surface area contributed by atoms with Gasteiger partial charge in [-0.15, -0.1) is 5.10 Å². The molecule has 0 atom stereocenters. The van der Waals surface area contributed by atoms with Crippen molar-refractivity contribution in [1.82, 2.24) is 15.2 Å². The molecule has 7 nitrogen and oxygen atoms in total. The Morgan fingerprint density at radius 2 is 1.83 bits per heavy atom. The van der Waals surface area contributed by atoms with Crippen LogP contribution in [-0.2, 0) is 19.5 Å². The molecular formula is C22H25N5O2. The summed E-state index contributed by atoms with van der Waals surface area (Å²) in [4.78, 5) is 6.81. The van der Waals surface area contributed by atoms with Gasteiger partial charge in [0.15, 0.2) is 17.3 Å². The minimum absolute atomic E-state index is 0.625. The Balaban J connectivity index is 1.50. The van der Waals surface area contributed by atoms with Crippen LogP contribution < -0.4 is 19.7 Å². The van der Waals surface area contributed by atoms with Crippen LogP contribution in [0.4, 0.5) is 11.8 Å². The monoisotopic (exact) mass is 391 g/mol. The first kappa shape index (κ1) is 19.0. The topological polar surface area (TPSA) is 72.4 Å². The molecule has 0 unspecified atom stereocenters. The predicted octanol–water partition coefficient (Wildman–Crippen LogP) is 3.37. The molecule has 1 aliphatic heterocycles. The molecule has 29 heavy (non-hydrogen) atoms. The molecule has 0 amide bonds. The zero-order valence-electron chi connectivity index (χ0n) is 17.0. The zero-order valence-corrected chi connectivity index (χ0v) is 17.0. The number of aryl methyl sites for hydroxylation is 1. The lowest BCUT2D eigenvalue weighted by Crippen LogP contribution is -2.32. The maximum atomic E-state index is 5.45. The number of aromatic nitrogens is 3. The number of nitrogens with zero attached hydrogens (tertiary/aromatic N) is 4. The van der Waals surface area contributed by atoms with Gasteiger partial charge in [0.05, 0.1) is 20.4 Å². The highest BCUT2D eigenvalue weighted by Gasteiger charge is 2.21. The summed E-state index contributed by atoms with van der Waals surface area (Å²) >= 11 is 0. The summed E-state index contributed by atoms with van der Waals surface area (Å²) in [6.07, 6.45) is 2.55. The first-order valence-corrected chi connectivity index (χ1v) is 9.64. The Hall–Kier alpha value is -3.35. The predicted molar refractivity (Wildman–Crippen MR) is 113 cm³/mol. The van der Waals surface area contributed by atoms with Gasteiger partial charge in [0.25, 0.3) is 0 Å². The summed E-state index contributed by atoms with van der Waals surface area (Å²) in [7, 11) is 3.32. The summed E-state index contributed by atoms with van der Waals surface area (Å²) in [6.45, 7) is 4.34. The van der Waals surface area contributed by atoms with Gasteiger partial charge in [-0.3, -0.25) is 0 Å². The zero-order chi connectivity index (χ0) is 20.2. The summed E-state index contributed by atoms with van der Waals surface area (Å²) in [5.41, 5.74) is 4.94. The Morgan fingerprint density at radius 3 is 2.59 bits per heavy atom. The van der Waals surface area contributed by atoms with E-state index in [2.05, 4.69) is 50.5 Å². The van der Waals surface area contributed by atoms with Crippen molar-refractivity contribution in [2.24, 2.45) is 0 Å². The van der Waals surface area contributed by atoms with Gasteiger partial charge in [-0.1, -0.05) is 24.3 Å². The molecule has 1 aliphatic rings. The van der Waals surface area contributed by atoms with Gasteiger partial charge in [-0.05, 0) is 47.7 Å². The Bertz CT molecular complexity index is 1010. The van der Waals surface area contributed by atoms with Crippen molar-refractivity contribution in [3.05, 3.63) is 64.8 Å². The smallest absolute Gasteiger partial charge is 0.247 e. The highest BCUT2D eigenvalue weighted by Crippen LogP contribution is 2.33. The van der Waals surface area contributed by atoms with Crippen molar-refractivity contribution in [2.45, 2.75) is 26.4 Å². The SMILES string of the molecule is COc1cc2c(cc1OC)CN(c1nncc(NCc3ccccc3C)n1)CC2. The van der Waals surface area contributed by atoms with E-state index in [1.807, 2.05) is 18.2 Å². The summed E-state index contributed by atoms with van der Waals surface area (Å²) < 4.78 is 10.9. The maximum Gasteiger partial charge on any atom is 0.247 e. The Labute approximate surface area is 170 Å². The molecule has 0 fully saturated rings. The van der Waals surface area contributed by atoms with Crippen LogP contribution in [0.5, 0.6) is 11.5 Å². The van der Waals surface area contributed by atoms with Crippen molar-refractivity contribution in [3.8, 4) is 11.5 Å². The van der Waals surface area contributed by atoms with Gasteiger partial charge >= 0.3 is 0 Å². The van der Waals surface area contributed by atoms with Crippen molar-refractivity contribution < 1.29 is 9.47 Å². The molecule has 3 aromatic rings. The van der Waals surface area contributed by atoms with Crippen LogP contribution in [0.15, 0.2) is 42.6 Å². The van der Waals surface area contributed by atoms with E-state index in [0.29, 0.717) is 19.0 Å². The molecule has 0 aliphatic carbocycles. The minimum Gasteiger partial charge on any atom is -0.493 e. The molecule has 0 saturated heterocycles. The molecule has 4 rings (SSSR count). The van der Waals surface area contributed by atoms with E-state index in [4.69, 9.17) is 9.47 Å². The first-order valence-electron chi connectivity index (χ1n) is 9.64. The normalized spacial score (nSPS) is 13.0. The van der Waals surface area contributed by atoms with E-state index >= 15 is 0 Å². The molecule has 0 saturated carbocycles. The van der Waals surface area contributed by atoms with Crippen LogP contribution in [0.3, 0.4) is 0 Å². The number of fused-ring (bicyclic) bond motifs is 1. The fraction of sp³-hybridized carbons (Fsp3) is 0.318. The third-order valence-electron chi connectivity index (χ3n) is 5.27. The number of nitrogens with one attached hydrogen (secondary N) is 1. The highest BCUT2D eigenvalue weighted by atomic mass is 16.5. The van der Waals surface area contributed by atoms with E-state index in [-0.39, 0.29) is 0 Å². The molecule has 0 radical (unpaired) electrons. The molecular weight excluding hydrogens is 366 g/mol. The lowest BCUT2D eigenvalue weighted by molar-refractivity contribution is 0.353. The van der Waals surface area contributed by atoms with Crippen molar-refractivity contribution in [2.75, 3.05) is 31.0 Å². The second kappa shape index (κ2) is 8.34. The average molecular weight is 391 g/mol. The van der Waals surface area contributed by atoms with Crippen LogP contribution in [0, 0.1) is 6.92 Å². The Morgan fingerprint density at radius 1 is 1.07 bits per heavy atom. The van der Waals surface area contributed by atoms with Gasteiger partial charge in [0, 0.05) is 19.6 Å². The molecule has 0 bridgehead atoms. The van der Waals surface area contributed by atoms with Crippen molar-refractivity contribution >= 4 is 11.8 Å². The number of anilines is 2. The lowest BCUT2D eigenvalue weighted by Gasteiger charge is -2.29. The standard InChI is InChI=1S/C22H25N5O2/c1-15-6-4-5-7-17(15)12-23-21-13-24-26-22(25-21)27-9-8-16-10-19(28-2)20(29-3)11-18(16)14-27/h4-7,10-11,13H,8-9,12,14H2,1-3H3,(H,23,25,26). The average Bonchev–Trinajstić information content (AvgIpc) is 2.77. The summed E-state index contributed by atoms with van der Waals surface area (Å²) in [6, 6.07) is 12.4. The van der Waals surface area contributed by atoms with Crippen LogP contribution in [0.2, 0.25) is 0 Å². The largest absolute Gasteiger partial charge is 0.493 e. The third-order valence-corrected chi connectivity index (χ3v) is 5.27. The fourth-order valence-electron chi connectivity index (χ4n) is 3.56. The van der Waals surface area contributed by atoms with Gasteiger partial charge in [0.2, 0.25) is 5.95 Å². The van der Waals surface area contributed by atoms with E-state index < -0.39 is 0 Å². The van der Waals surface area contributed by atoms with Crippen molar-refractivity contribution in [1.29, 1.82) is 0 Å². The molecule has 0 spiro atoms. The second-order valence-electron chi connectivity index (χ2n) is 7.07. The van der Waals surface area contributed by atoms with Gasteiger partial charge in [-0.25, -0.2) is 0 Å². The van der Waals surface area contributed by atoms with Gasteiger partial charge in [-0.2, -0.15) is 10.1 Å². The summed E-state index contributed by atoms with van der Waals surface area (Å²) in [5, 5.41) is 11.8. The Kier molecular flexibility index (Phi) is 5.46. The number of ether oxygens (including phenoxy) is 2. The fourth-order valence-corrected chi connectivity index (χ4v) is 3.56. The van der Waals surface area contributed by atoms with Crippen molar-refractivity contribution in [3.63, 3.8) is 0 Å². The van der Waals surface area contributed by atoms with Crippen LogP contribution >= 0.6 is 0 Å². The molecule has 1 aromatic heterocycles. The quantitative estimate of drug-likeness (QED) is 0.691. The lowest BCUT2D eigenvalue weighted by atomic mass is 9.99. The first-order chi connectivity index (χ1) is 14.2. The molecule has 7 heteroatoms. The second-order valence-corrected chi connectivity index (χ2v) is 7.07. The minimum atomic E-state index is 0.625. The van der Waals surface area contributed by atoms with E-state index in [9.17, 15) is 0 Å². The number of hydrogen-bond donors (Lipinski definition) is 1. The van der Waals surface area contributed by atoms with Gasteiger partial charge < -0.3 is 19.7 Å². The van der Waals surface area contributed by atoms with Crippen LogP contribution in [0.1, 0.15) is 22.3 Å². The number of methoxy groups -OCH3 is 2. The number of rotatable bonds is 6. The van der Waals surface area contributed by atoms with E-state index in [1.165, 1.54) is 22.3 Å².